The van der Waals surface area contributed by atoms with Gasteiger partial charge in [-0.1, -0.05) is 42.5 Å². The number of carboxylic acid groups (broad SMARTS) is 1. The van der Waals surface area contributed by atoms with Crippen molar-refractivity contribution in [2.75, 3.05) is 20.1 Å². The lowest BCUT2D eigenvalue weighted by Gasteiger charge is -2.31. The van der Waals surface area contributed by atoms with Gasteiger partial charge in [0.2, 0.25) is 10.0 Å². The van der Waals surface area contributed by atoms with E-state index < -0.39 is 45.3 Å². The number of carboxylic acids is 1. The molecule has 3 N–H and O–H groups in total. The van der Waals surface area contributed by atoms with Gasteiger partial charge in [-0.3, -0.25) is 0 Å². The Labute approximate surface area is 244 Å². The second kappa shape index (κ2) is 12.2. The zero-order chi connectivity index (χ0) is 30.9. The lowest BCUT2D eigenvalue weighted by atomic mass is 9.88. The molecule has 0 unspecified atom stereocenters. The molecule has 0 saturated carbocycles. The molecule has 0 bridgehead atoms. The van der Waals surface area contributed by atoms with E-state index in [2.05, 4.69) is 17.4 Å². The van der Waals surface area contributed by atoms with E-state index in [4.69, 9.17) is 0 Å². The minimum absolute atomic E-state index is 0.0175. The Balaban J connectivity index is 1.44. The number of hydrogen-bond acceptors (Lipinski definition) is 5. The van der Waals surface area contributed by atoms with Crippen LogP contribution >= 0.6 is 0 Å². The van der Waals surface area contributed by atoms with Crippen molar-refractivity contribution in [1.82, 2.24) is 9.62 Å². The Morgan fingerprint density at radius 3 is 2.21 bits per heavy atom. The summed E-state index contributed by atoms with van der Waals surface area (Å²) >= 11 is 0. The standard InChI is InChI=1S/C31H35F3N2O5S/c1-30(2,17-20-13-21-7-4-5-8-22(21)14-20)35-18-26(37)19-36(3)42(40,41)28-12-11-24(16-27(28)31(32,33)34)23-9-6-10-25(15-23)29(38)39/h4-12,15-16,20,26,35,37H,13-14,17-19H2,1-3H3,(H,38,39)/t26-/m1/s1. The molecule has 1 aliphatic rings. The number of likely N-dealkylation sites (N-methyl/N-ethyl adjacent to an activating group) is 1. The Hall–Kier alpha value is -3.25. The van der Waals surface area contributed by atoms with Gasteiger partial charge in [-0.25, -0.2) is 13.2 Å². The quantitative estimate of drug-likeness (QED) is 0.277. The zero-order valence-corrected chi connectivity index (χ0v) is 24.5. The van der Waals surface area contributed by atoms with E-state index in [0.29, 0.717) is 12.0 Å². The molecule has 226 valence electrons. The molecule has 3 aromatic rings. The molecular formula is C31H35F3N2O5S. The summed E-state index contributed by atoms with van der Waals surface area (Å²) in [5.41, 5.74) is 1.04. The number of sulfonamides is 1. The van der Waals surface area contributed by atoms with Crippen LogP contribution in [0, 0.1) is 5.92 Å². The number of hydrogen-bond donors (Lipinski definition) is 3. The van der Waals surface area contributed by atoms with Crippen molar-refractivity contribution in [3.63, 3.8) is 0 Å². The number of rotatable bonds is 11. The van der Waals surface area contributed by atoms with E-state index in [1.165, 1.54) is 41.5 Å². The fraction of sp³-hybridized carbons (Fsp3) is 0.387. The minimum Gasteiger partial charge on any atom is -0.478 e. The highest BCUT2D eigenvalue weighted by molar-refractivity contribution is 7.89. The minimum atomic E-state index is -5.01. The highest BCUT2D eigenvalue weighted by Crippen LogP contribution is 2.38. The predicted molar refractivity (Wildman–Crippen MR) is 154 cm³/mol. The first kappa shape index (κ1) is 31.7. The van der Waals surface area contributed by atoms with E-state index >= 15 is 0 Å². The number of aliphatic hydroxyl groups excluding tert-OH is 1. The lowest BCUT2D eigenvalue weighted by Crippen LogP contribution is -2.47. The van der Waals surface area contributed by atoms with E-state index in [9.17, 15) is 36.6 Å². The molecule has 4 rings (SSSR count). The maximum absolute atomic E-state index is 14.1. The highest BCUT2D eigenvalue weighted by atomic mass is 32.2. The van der Waals surface area contributed by atoms with Crippen molar-refractivity contribution in [3.05, 3.63) is 89.0 Å². The number of benzene rings is 3. The summed E-state index contributed by atoms with van der Waals surface area (Å²) in [5.74, 6) is -0.810. The summed E-state index contributed by atoms with van der Waals surface area (Å²) in [7, 11) is -3.51. The van der Waals surface area contributed by atoms with Crippen molar-refractivity contribution >= 4 is 16.0 Å². The second-order valence-electron chi connectivity index (χ2n) is 11.5. The van der Waals surface area contributed by atoms with Gasteiger partial charge in [0, 0.05) is 25.7 Å². The van der Waals surface area contributed by atoms with Crippen molar-refractivity contribution in [3.8, 4) is 11.1 Å². The summed E-state index contributed by atoms with van der Waals surface area (Å²) in [5, 5.41) is 23.2. The summed E-state index contributed by atoms with van der Waals surface area (Å²) < 4.78 is 69.5. The summed E-state index contributed by atoms with van der Waals surface area (Å²) in [6.07, 6.45) is -3.41. The molecule has 0 radical (unpaired) electrons. The highest BCUT2D eigenvalue weighted by Gasteiger charge is 2.39. The summed E-state index contributed by atoms with van der Waals surface area (Å²) in [4.78, 5) is 10.3. The molecule has 0 amide bonds. The van der Waals surface area contributed by atoms with Gasteiger partial charge < -0.3 is 15.5 Å². The first-order valence-corrected chi connectivity index (χ1v) is 15.0. The third kappa shape index (κ3) is 7.38. The fourth-order valence-electron chi connectivity index (χ4n) is 5.60. The van der Waals surface area contributed by atoms with E-state index in [-0.39, 0.29) is 28.8 Å². The smallest absolute Gasteiger partial charge is 0.417 e. The maximum atomic E-state index is 14.1. The first-order chi connectivity index (χ1) is 19.6. The molecule has 0 fully saturated rings. The molecule has 42 heavy (non-hydrogen) atoms. The zero-order valence-electron chi connectivity index (χ0n) is 23.6. The number of nitrogens with zero attached hydrogens (tertiary/aromatic N) is 1. The van der Waals surface area contributed by atoms with Crippen molar-refractivity contribution in [1.29, 1.82) is 0 Å². The van der Waals surface area contributed by atoms with Gasteiger partial charge in [-0.05, 0) is 85.5 Å². The van der Waals surface area contributed by atoms with Crippen LogP contribution in [-0.4, -0.2) is 60.7 Å². The molecular weight excluding hydrogens is 569 g/mol. The van der Waals surface area contributed by atoms with Crippen molar-refractivity contribution in [2.45, 2.75) is 55.8 Å². The summed E-state index contributed by atoms with van der Waals surface area (Å²) in [6.45, 7) is 3.65. The van der Waals surface area contributed by atoms with Crippen LogP contribution < -0.4 is 5.32 Å². The number of carbonyl (C=O) groups is 1. The van der Waals surface area contributed by atoms with Gasteiger partial charge in [0.1, 0.15) is 0 Å². The number of aliphatic hydroxyl groups is 1. The number of nitrogens with one attached hydrogen (secondary N) is 1. The fourth-order valence-corrected chi connectivity index (χ4v) is 6.99. The van der Waals surface area contributed by atoms with Crippen LogP contribution in [0.15, 0.2) is 71.6 Å². The maximum Gasteiger partial charge on any atom is 0.417 e. The van der Waals surface area contributed by atoms with Crippen LogP contribution in [-0.2, 0) is 29.0 Å². The molecule has 0 saturated heterocycles. The molecule has 11 heteroatoms. The molecule has 3 aromatic carbocycles. The third-order valence-corrected chi connectivity index (χ3v) is 9.52. The monoisotopic (exact) mass is 604 g/mol. The molecule has 0 aliphatic heterocycles. The van der Waals surface area contributed by atoms with Crippen molar-refractivity contribution in [2.24, 2.45) is 5.92 Å². The molecule has 0 aromatic heterocycles. The molecule has 0 spiro atoms. The first-order valence-electron chi connectivity index (χ1n) is 13.6. The summed E-state index contributed by atoms with van der Waals surface area (Å²) in [6, 6.07) is 16.4. The number of aromatic carboxylic acids is 1. The SMILES string of the molecule is CN(C[C@H](O)CNC(C)(C)CC1Cc2ccccc2C1)S(=O)(=O)c1ccc(-c2cccc(C(=O)O)c2)cc1C(F)(F)F. The van der Waals surface area contributed by atoms with Crippen LogP contribution in [0.25, 0.3) is 11.1 Å². The molecule has 7 nitrogen and oxygen atoms in total. The number of alkyl halides is 3. The van der Waals surface area contributed by atoms with Crippen molar-refractivity contribution < 1.29 is 36.6 Å². The topological polar surface area (TPSA) is 107 Å². The van der Waals surface area contributed by atoms with Crippen LogP contribution in [0.4, 0.5) is 13.2 Å². The third-order valence-electron chi connectivity index (χ3n) is 7.63. The number of fused-ring (bicyclic) bond motifs is 1. The average Bonchev–Trinajstić information content (AvgIpc) is 3.32. The number of halogens is 3. The van der Waals surface area contributed by atoms with E-state index in [1.54, 1.807) is 0 Å². The van der Waals surface area contributed by atoms with E-state index in [0.717, 1.165) is 36.7 Å². The second-order valence-corrected chi connectivity index (χ2v) is 13.6. The Bertz CT molecular complexity index is 1530. The van der Waals surface area contributed by atoms with Crippen LogP contribution in [0.2, 0.25) is 0 Å². The molecule has 0 heterocycles. The predicted octanol–water partition coefficient (Wildman–Crippen LogP) is 5.23. The Kier molecular flexibility index (Phi) is 9.17. The van der Waals surface area contributed by atoms with Gasteiger partial charge >= 0.3 is 12.1 Å². The Morgan fingerprint density at radius 1 is 1.00 bits per heavy atom. The lowest BCUT2D eigenvalue weighted by molar-refractivity contribution is -0.139. The largest absolute Gasteiger partial charge is 0.478 e. The van der Waals surface area contributed by atoms with Gasteiger partial charge in [0.15, 0.2) is 0 Å². The average molecular weight is 605 g/mol. The van der Waals surface area contributed by atoms with E-state index in [1.807, 2.05) is 26.0 Å². The Morgan fingerprint density at radius 2 is 1.62 bits per heavy atom. The molecule has 1 atom stereocenters. The van der Waals surface area contributed by atoms with Gasteiger partial charge in [0.05, 0.1) is 22.1 Å². The normalized spacial score (nSPS) is 15.1. The van der Waals surface area contributed by atoms with Gasteiger partial charge in [-0.15, -0.1) is 0 Å². The number of β-amino-alcohol motifs (C(OH)–C–C–N with tert-alkyl or cyclic N) is 1. The van der Waals surface area contributed by atoms with Crippen LogP contribution in [0.5, 0.6) is 0 Å². The van der Waals surface area contributed by atoms with Crippen LogP contribution in [0.3, 0.4) is 0 Å². The van der Waals surface area contributed by atoms with Crippen LogP contribution in [0.1, 0.15) is 47.3 Å². The van der Waals surface area contributed by atoms with Gasteiger partial charge in [0.25, 0.3) is 0 Å². The molecule has 1 aliphatic carbocycles. The van der Waals surface area contributed by atoms with Gasteiger partial charge in [-0.2, -0.15) is 17.5 Å².